The average molecular weight is 355 g/mol. The summed E-state index contributed by atoms with van der Waals surface area (Å²) >= 11 is 0. The Bertz CT molecular complexity index is 605. The lowest BCUT2D eigenvalue weighted by Crippen LogP contribution is -1.83. The van der Waals surface area contributed by atoms with Gasteiger partial charge in [0.05, 0.1) is 12.5 Å². The van der Waals surface area contributed by atoms with Crippen molar-refractivity contribution >= 4 is 0 Å². The van der Waals surface area contributed by atoms with Gasteiger partial charge in [0, 0.05) is 0 Å². The van der Waals surface area contributed by atoms with Crippen LogP contribution in [0.4, 0.5) is 0 Å². The second kappa shape index (κ2) is 13.4. The highest BCUT2D eigenvalue weighted by atomic mass is 16.3. The lowest BCUT2D eigenvalue weighted by Gasteiger charge is -2.03. The zero-order chi connectivity index (χ0) is 19.2. The molecule has 26 heavy (non-hydrogen) atoms. The Hall–Kier alpha value is -1.76. The second-order valence-electron chi connectivity index (χ2n) is 7.72. The van der Waals surface area contributed by atoms with E-state index in [0.717, 1.165) is 19.3 Å². The number of furan rings is 1. The van der Waals surface area contributed by atoms with Crippen molar-refractivity contribution in [1.82, 2.24) is 0 Å². The van der Waals surface area contributed by atoms with E-state index in [1.807, 2.05) is 12.3 Å². The van der Waals surface area contributed by atoms with Crippen LogP contribution in [0.1, 0.15) is 85.1 Å². The maximum absolute atomic E-state index is 5.10. The van der Waals surface area contributed by atoms with Crippen LogP contribution in [0.25, 0.3) is 0 Å². The van der Waals surface area contributed by atoms with Crippen molar-refractivity contribution in [2.75, 3.05) is 0 Å². The Morgan fingerprint density at radius 1 is 0.731 bits per heavy atom. The molecule has 0 atom stereocenters. The Morgan fingerprint density at radius 2 is 1.23 bits per heavy atom. The normalized spacial score (nSPS) is 13.2. The molecule has 144 valence electrons. The van der Waals surface area contributed by atoms with Gasteiger partial charge in [-0.25, -0.2) is 0 Å². The lowest BCUT2D eigenvalue weighted by atomic mass is 10.0. The number of hydrogen-bond acceptors (Lipinski definition) is 1. The van der Waals surface area contributed by atoms with E-state index < -0.39 is 0 Å². The zero-order valence-electron chi connectivity index (χ0n) is 17.6. The standard InChI is InChI=1S/C25H38O/c1-21(2)10-6-11-22(3)12-7-13-23(4)14-8-15-24(5)16-9-17-25-18-19-26-20-25/h10,12,14,16,18-20H,6-9,11,13,15,17H2,1-5H3/b22-12+,23-14+,24-16-. The molecular formula is C25H38O. The maximum Gasteiger partial charge on any atom is 0.0934 e. The number of hydrogen-bond donors (Lipinski definition) is 0. The highest BCUT2D eigenvalue weighted by Crippen LogP contribution is 2.14. The third-order valence-electron chi connectivity index (χ3n) is 4.66. The van der Waals surface area contributed by atoms with Crippen LogP contribution in [0.15, 0.2) is 69.6 Å². The highest BCUT2D eigenvalue weighted by molar-refractivity contribution is 5.09. The summed E-state index contributed by atoms with van der Waals surface area (Å²) in [6.45, 7) is 11.1. The summed E-state index contributed by atoms with van der Waals surface area (Å²) in [4.78, 5) is 0. The van der Waals surface area contributed by atoms with Gasteiger partial charge in [0.2, 0.25) is 0 Å². The first kappa shape index (κ1) is 22.3. The topological polar surface area (TPSA) is 13.1 Å². The van der Waals surface area contributed by atoms with Crippen molar-refractivity contribution in [1.29, 1.82) is 0 Å². The minimum absolute atomic E-state index is 1.07. The van der Waals surface area contributed by atoms with Gasteiger partial charge in [0.15, 0.2) is 0 Å². The minimum Gasteiger partial charge on any atom is -0.472 e. The zero-order valence-corrected chi connectivity index (χ0v) is 17.6. The van der Waals surface area contributed by atoms with Crippen molar-refractivity contribution in [3.05, 3.63) is 70.8 Å². The molecule has 1 rings (SSSR count). The smallest absolute Gasteiger partial charge is 0.0934 e. The first-order valence-electron chi connectivity index (χ1n) is 10.1. The van der Waals surface area contributed by atoms with Crippen molar-refractivity contribution in [3.8, 4) is 0 Å². The minimum atomic E-state index is 1.07. The Morgan fingerprint density at radius 3 is 1.69 bits per heavy atom. The molecule has 0 aliphatic rings. The molecule has 0 N–H and O–H groups in total. The Balaban J connectivity index is 2.18. The summed E-state index contributed by atoms with van der Waals surface area (Å²) in [5.41, 5.74) is 7.24. The third-order valence-corrected chi connectivity index (χ3v) is 4.66. The summed E-state index contributed by atoms with van der Waals surface area (Å²) in [7, 11) is 0. The average Bonchev–Trinajstić information content (AvgIpc) is 3.08. The van der Waals surface area contributed by atoms with Gasteiger partial charge in [0.1, 0.15) is 0 Å². The van der Waals surface area contributed by atoms with Crippen molar-refractivity contribution in [2.24, 2.45) is 0 Å². The number of allylic oxidation sites excluding steroid dienone is 8. The molecular weight excluding hydrogens is 316 g/mol. The van der Waals surface area contributed by atoms with Gasteiger partial charge >= 0.3 is 0 Å². The van der Waals surface area contributed by atoms with Crippen molar-refractivity contribution in [3.63, 3.8) is 0 Å². The van der Waals surface area contributed by atoms with Gasteiger partial charge in [-0.05, 0) is 97.6 Å². The van der Waals surface area contributed by atoms with Crippen LogP contribution in [0.3, 0.4) is 0 Å². The number of rotatable bonds is 12. The highest BCUT2D eigenvalue weighted by Gasteiger charge is 1.95. The first-order valence-corrected chi connectivity index (χ1v) is 10.1. The fourth-order valence-electron chi connectivity index (χ4n) is 2.91. The van der Waals surface area contributed by atoms with Crippen LogP contribution in [-0.4, -0.2) is 0 Å². The largest absolute Gasteiger partial charge is 0.472 e. The molecule has 1 nitrogen and oxygen atoms in total. The van der Waals surface area contributed by atoms with Crippen LogP contribution in [0.5, 0.6) is 0 Å². The monoisotopic (exact) mass is 354 g/mol. The van der Waals surface area contributed by atoms with Gasteiger partial charge in [-0.2, -0.15) is 0 Å². The van der Waals surface area contributed by atoms with E-state index in [0.29, 0.717) is 0 Å². The van der Waals surface area contributed by atoms with Crippen LogP contribution in [-0.2, 0) is 6.42 Å². The van der Waals surface area contributed by atoms with E-state index in [1.165, 1.54) is 60.0 Å². The summed E-state index contributed by atoms with van der Waals surface area (Å²) < 4.78 is 5.10. The first-order chi connectivity index (χ1) is 12.5. The quantitative estimate of drug-likeness (QED) is 0.344. The van der Waals surface area contributed by atoms with Crippen molar-refractivity contribution in [2.45, 2.75) is 86.0 Å². The SMILES string of the molecule is CC(C)=CCC/C(C)=C/CC/C(C)=C/CC/C(C)=C\CCc1ccoc1. The van der Waals surface area contributed by atoms with Crippen LogP contribution < -0.4 is 0 Å². The van der Waals surface area contributed by atoms with Crippen LogP contribution in [0, 0.1) is 0 Å². The second-order valence-corrected chi connectivity index (χ2v) is 7.72. The third kappa shape index (κ3) is 11.7. The molecule has 1 heterocycles. The molecule has 1 heteroatoms. The molecule has 0 unspecified atom stereocenters. The van der Waals surface area contributed by atoms with Gasteiger partial charge in [0.25, 0.3) is 0 Å². The van der Waals surface area contributed by atoms with E-state index in [-0.39, 0.29) is 0 Å². The Labute approximate surface area is 161 Å². The summed E-state index contributed by atoms with van der Waals surface area (Å²) in [6.07, 6.45) is 22.3. The fraction of sp³-hybridized carbons (Fsp3) is 0.520. The van der Waals surface area contributed by atoms with Gasteiger partial charge in [-0.1, -0.05) is 46.6 Å². The molecule has 0 spiro atoms. The molecule has 0 amide bonds. The van der Waals surface area contributed by atoms with E-state index in [1.54, 1.807) is 6.26 Å². The molecule has 0 aliphatic heterocycles. The molecule has 1 aromatic rings. The van der Waals surface area contributed by atoms with E-state index in [4.69, 9.17) is 4.42 Å². The lowest BCUT2D eigenvalue weighted by molar-refractivity contribution is 0.564. The predicted molar refractivity (Wildman–Crippen MR) is 115 cm³/mol. The Kier molecular flexibility index (Phi) is 11.5. The van der Waals surface area contributed by atoms with E-state index in [9.17, 15) is 0 Å². The molecule has 0 aromatic carbocycles. The molecule has 0 fully saturated rings. The molecule has 0 radical (unpaired) electrons. The van der Waals surface area contributed by atoms with Gasteiger partial charge in [-0.15, -0.1) is 0 Å². The van der Waals surface area contributed by atoms with E-state index >= 15 is 0 Å². The molecule has 0 saturated heterocycles. The van der Waals surface area contributed by atoms with E-state index in [2.05, 4.69) is 58.9 Å². The van der Waals surface area contributed by atoms with Crippen LogP contribution in [0.2, 0.25) is 0 Å². The summed E-state index contributed by atoms with van der Waals surface area (Å²) in [5.74, 6) is 0. The van der Waals surface area contributed by atoms with Crippen LogP contribution >= 0.6 is 0 Å². The van der Waals surface area contributed by atoms with Gasteiger partial charge < -0.3 is 4.42 Å². The predicted octanol–water partition coefficient (Wildman–Crippen LogP) is 8.36. The molecule has 0 aliphatic carbocycles. The number of aryl methyl sites for hydroxylation is 1. The fourth-order valence-corrected chi connectivity index (χ4v) is 2.91. The maximum atomic E-state index is 5.10. The summed E-state index contributed by atoms with van der Waals surface area (Å²) in [5, 5.41) is 0. The molecule has 1 aromatic heterocycles. The van der Waals surface area contributed by atoms with Gasteiger partial charge in [-0.3, -0.25) is 0 Å². The molecule has 0 bridgehead atoms. The van der Waals surface area contributed by atoms with Crippen molar-refractivity contribution < 1.29 is 4.42 Å². The summed E-state index contributed by atoms with van der Waals surface area (Å²) in [6, 6.07) is 2.05. The molecule has 0 saturated carbocycles.